The van der Waals surface area contributed by atoms with E-state index in [0.717, 1.165) is 23.9 Å². The second-order valence-corrected chi connectivity index (χ2v) is 7.12. The van der Waals surface area contributed by atoms with Gasteiger partial charge in [-0.1, -0.05) is 17.7 Å². The first-order valence-electron chi connectivity index (χ1n) is 9.74. The van der Waals surface area contributed by atoms with Crippen LogP contribution in [0.4, 0.5) is 32.2 Å². The Morgan fingerprint density at radius 2 is 1.64 bits per heavy atom. The molecule has 0 saturated heterocycles. The maximum atomic E-state index is 13.7. The molecule has 176 valence electrons. The lowest BCUT2D eigenvalue weighted by molar-refractivity contribution is -0.143. The van der Waals surface area contributed by atoms with Gasteiger partial charge in [-0.2, -0.15) is 31.4 Å². The molecule has 33 heavy (non-hydrogen) atoms. The van der Waals surface area contributed by atoms with E-state index in [0.29, 0.717) is 17.3 Å². The van der Waals surface area contributed by atoms with Crippen LogP contribution < -0.4 is 10.6 Å². The zero-order chi connectivity index (χ0) is 24.2. The molecule has 0 unspecified atom stereocenters. The van der Waals surface area contributed by atoms with Gasteiger partial charge in [0, 0.05) is 19.3 Å². The third-order valence-corrected chi connectivity index (χ3v) is 4.60. The molecular weight excluding hydrogens is 452 g/mol. The Labute approximate surface area is 184 Å². The number of aryl methyl sites for hydroxylation is 1. The van der Waals surface area contributed by atoms with Crippen molar-refractivity contribution in [1.29, 1.82) is 0 Å². The van der Waals surface area contributed by atoms with Crippen LogP contribution in [0.3, 0.4) is 0 Å². The topological polar surface area (TPSA) is 71.8 Å². The number of amides is 1. The molecule has 0 fully saturated rings. The number of alkyl halides is 6. The van der Waals surface area contributed by atoms with Crippen LogP contribution in [0.25, 0.3) is 5.69 Å². The second-order valence-electron chi connectivity index (χ2n) is 7.12. The molecule has 1 amide bonds. The minimum absolute atomic E-state index is 0.0273. The van der Waals surface area contributed by atoms with Crippen LogP contribution in [0.15, 0.2) is 48.8 Å². The van der Waals surface area contributed by atoms with Gasteiger partial charge in [-0.15, -0.1) is 0 Å². The lowest BCUT2D eigenvalue weighted by Gasteiger charge is -2.13. The summed E-state index contributed by atoms with van der Waals surface area (Å²) in [5.41, 5.74) is -1.65. The number of nitrogens with zero attached hydrogens (tertiary/aromatic N) is 3. The number of halogens is 6. The van der Waals surface area contributed by atoms with Gasteiger partial charge in [-0.3, -0.25) is 4.79 Å². The van der Waals surface area contributed by atoms with Gasteiger partial charge in [-0.25, -0.2) is 9.67 Å². The molecule has 2 heterocycles. The van der Waals surface area contributed by atoms with Crippen molar-refractivity contribution in [2.24, 2.45) is 0 Å². The Morgan fingerprint density at radius 1 is 0.939 bits per heavy atom. The zero-order valence-electron chi connectivity index (χ0n) is 17.3. The van der Waals surface area contributed by atoms with Gasteiger partial charge in [0.25, 0.3) is 5.91 Å². The normalized spacial score (nSPS) is 12.0. The van der Waals surface area contributed by atoms with Gasteiger partial charge in [0.15, 0.2) is 5.69 Å². The van der Waals surface area contributed by atoms with Crippen LogP contribution in [0.1, 0.15) is 33.6 Å². The number of anilines is 1. The van der Waals surface area contributed by atoms with E-state index in [4.69, 9.17) is 0 Å². The van der Waals surface area contributed by atoms with Crippen LogP contribution in [0.5, 0.6) is 0 Å². The van der Waals surface area contributed by atoms with Crippen molar-refractivity contribution in [3.8, 4) is 5.69 Å². The highest BCUT2D eigenvalue weighted by Crippen LogP contribution is 2.33. The third-order valence-electron chi connectivity index (χ3n) is 4.60. The van der Waals surface area contributed by atoms with Gasteiger partial charge in [-0.05, 0) is 37.6 Å². The monoisotopic (exact) mass is 471 g/mol. The van der Waals surface area contributed by atoms with Crippen molar-refractivity contribution in [2.45, 2.75) is 25.7 Å². The molecule has 2 N–H and O–H groups in total. The van der Waals surface area contributed by atoms with E-state index in [9.17, 15) is 31.1 Å². The average Bonchev–Trinajstić information content (AvgIpc) is 3.19. The quantitative estimate of drug-likeness (QED) is 0.382. The number of hydrogen-bond donors (Lipinski definition) is 2. The van der Waals surface area contributed by atoms with Gasteiger partial charge in [0.05, 0.1) is 23.0 Å². The molecule has 0 radical (unpaired) electrons. The molecule has 12 heteroatoms. The standard InChI is InChI=1S/C21H19F6N5O/c1-13-3-6-15(7-4-13)32-18(21(25,26)27)16(12-31-32)19(33)29-10-2-9-28-17-8-5-14(11-30-17)20(22,23)24/h3-8,11-12H,2,9-10H2,1H3,(H,28,30)(H,29,33). The summed E-state index contributed by atoms with van der Waals surface area (Å²) < 4.78 is 79.3. The summed E-state index contributed by atoms with van der Waals surface area (Å²) in [5.74, 6) is -0.735. The molecule has 0 atom stereocenters. The summed E-state index contributed by atoms with van der Waals surface area (Å²) in [4.78, 5) is 16.0. The summed E-state index contributed by atoms with van der Waals surface area (Å²) in [6.07, 6.45) is -7.46. The maximum Gasteiger partial charge on any atom is 0.434 e. The average molecular weight is 471 g/mol. The Morgan fingerprint density at radius 3 is 2.21 bits per heavy atom. The molecule has 3 aromatic rings. The van der Waals surface area contributed by atoms with Crippen LogP contribution >= 0.6 is 0 Å². The van der Waals surface area contributed by atoms with Crippen LogP contribution in [0.2, 0.25) is 0 Å². The molecular formula is C21H19F6N5O. The molecule has 3 rings (SSSR count). The van der Waals surface area contributed by atoms with E-state index in [-0.39, 0.29) is 24.6 Å². The van der Waals surface area contributed by atoms with Crippen molar-refractivity contribution in [2.75, 3.05) is 18.4 Å². The van der Waals surface area contributed by atoms with Crippen molar-refractivity contribution < 1.29 is 31.1 Å². The fraction of sp³-hybridized carbons (Fsp3) is 0.286. The highest BCUT2D eigenvalue weighted by Gasteiger charge is 2.40. The molecule has 0 saturated carbocycles. The van der Waals surface area contributed by atoms with Crippen molar-refractivity contribution in [3.63, 3.8) is 0 Å². The second kappa shape index (κ2) is 9.51. The molecule has 0 aliphatic carbocycles. The van der Waals surface area contributed by atoms with Crippen molar-refractivity contribution in [1.82, 2.24) is 20.1 Å². The first-order chi connectivity index (χ1) is 15.5. The van der Waals surface area contributed by atoms with E-state index in [2.05, 4.69) is 20.7 Å². The van der Waals surface area contributed by atoms with E-state index < -0.39 is 35.1 Å². The lowest BCUT2D eigenvalue weighted by Crippen LogP contribution is -2.28. The molecule has 0 bridgehead atoms. The molecule has 6 nitrogen and oxygen atoms in total. The highest BCUT2D eigenvalue weighted by atomic mass is 19.4. The van der Waals surface area contributed by atoms with Crippen LogP contribution in [-0.4, -0.2) is 33.8 Å². The number of carbonyl (C=O) groups excluding carboxylic acids is 1. The van der Waals surface area contributed by atoms with E-state index in [1.54, 1.807) is 19.1 Å². The van der Waals surface area contributed by atoms with Crippen LogP contribution in [-0.2, 0) is 12.4 Å². The summed E-state index contributed by atoms with van der Waals surface area (Å²) in [5, 5.41) is 8.92. The molecule has 0 aliphatic heterocycles. The lowest BCUT2D eigenvalue weighted by atomic mass is 10.2. The number of benzene rings is 1. The van der Waals surface area contributed by atoms with Crippen LogP contribution in [0, 0.1) is 6.92 Å². The molecule has 1 aromatic carbocycles. The summed E-state index contributed by atoms with van der Waals surface area (Å²) >= 11 is 0. The van der Waals surface area contributed by atoms with Crippen molar-refractivity contribution in [3.05, 3.63) is 71.2 Å². The maximum absolute atomic E-state index is 13.7. The zero-order valence-corrected chi connectivity index (χ0v) is 17.3. The first kappa shape index (κ1) is 24.1. The van der Waals surface area contributed by atoms with Crippen molar-refractivity contribution >= 4 is 11.7 Å². The SMILES string of the molecule is Cc1ccc(-n2ncc(C(=O)NCCCNc3ccc(C(F)(F)F)cn3)c2C(F)(F)F)cc1. The predicted molar refractivity (Wildman–Crippen MR) is 108 cm³/mol. The van der Waals surface area contributed by atoms with Gasteiger partial charge in [0.2, 0.25) is 0 Å². The van der Waals surface area contributed by atoms with Gasteiger partial charge < -0.3 is 10.6 Å². The Kier molecular flexibility index (Phi) is 6.94. The smallest absolute Gasteiger partial charge is 0.370 e. The number of nitrogens with one attached hydrogen (secondary N) is 2. The summed E-state index contributed by atoms with van der Waals surface area (Å²) in [6.45, 7) is 2.05. The number of carbonyl (C=O) groups is 1. The third kappa shape index (κ3) is 6.02. The number of aromatic nitrogens is 3. The van der Waals surface area contributed by atoms with Gasteiger partial charge in [0.1, 0.15) is 5.82 Å². The van der Waals surface area contributed by atoms with E-state index in [1.165, 1.54) is 12.1 Å². The fourth-order valence-electron chi connectivity index (χ4n) is 2.94. The number of hydrogen-bond acceptors (Lipinski definition) is 4. The Balaban J connectivity index is 1.59. The molecule has 0 spiro atoms. The number of rotatable bonds is 7. The predicted octanol–water partition coefficient (Wildman–Crippen LogP) is 4.85. The largest absolute Gasteiger partial charge is 0.434 e. The van der Waals surface area contributed by atoms with Gasteiger partial charge >= 0.3 is 12.4 Å². The first-order valence-corrected chi connectivity index (χ1v) is 9.74. The molecule has 2 aromatic heterocycles. The summed E-state index contributed by atoms with van der Waals surface area (Å²) in [6, 6.07) is 8.25. The highest BCUT2D eigenvalue weighted by molar-refractivity contribution is 5.95. The minimum Gasteiger partial charge on any atom is -0.370 e. The summed E-state index contributed by atoms with van der Waals surface area (Å²) in [7, 11) is 0. The van der Waals surface area contributed by atoms with E-state index >= 15 is 0 Å². The Bertz CT molecular complexity index is 1090. The molecule has 0 aliphatic rings. The number of pyridine rings is 1. The van der Waals surface area contributed by atoms with E-state index in [1.807, 2.05) is 0 Å². The Hall–Kier alpha value is -3.57. The fourth-order valence-corrected chi connectivity index (χ4v) is 2.94. The minimum atomic E-state index is -4.82.